The SMILES string of the molecule is COc1ccc(CCNC(=O)C(C)OC(=O)CSc2nncn2-c2ccc(C)c(Cl)c2)cc1. The molecule has 0 saturated carbocycles. The first-order chi connectivity index (χ1) is 15.9. The number of benzene rings is 2. The van der Waals surface area contributed by atoms with E-state index in [4.69, 9.17) is 21.1 Å². The molecule has 1 atom stereocenters. The summed E-state index contributed by atoms with van der Waals surface area (Å²) in [6.07, 6.45) is 1.31. The molecule has 3 aromatic rings. The minimum atomic E-state index is -0.900. The average Bonchev–Trinajstić information content (AvgIpc) is 3.28. The maximum Gasteiger partial charge on any atom is 0.317 e. The second-order valence-electron chi connectivity index (χ2n) is 7.23. The Labute approximate surface area is 201 Å². The van der Waals surface area contributed by atoms with Gasteiger partial charge in [0.1, 0.15) is 12.1 Å². The van der Waals surface area contributed by atoms with Crippen molar-refractivity contribution >= 4 is 35.2 Å². The number of nitrogens with one attached hydrogen (secondary N) is 1. The maximum atomic E-state index is 12.2. The lowest BCUT2D eigenvalue weighted by molar-refractivity contribution is -0.152. The molecule has 33 heavy (non-hydrogen) atoms. The Morgan fingerprint density at radius 2 is 1.97 bits per heavy atom. The summed E-state index contributed by atoms with van der Waals surface area (Å²) in [5.41, 5.74) is 2.81. The van der Waals surface area contributed by atoms with Gasteiger partial charge in [-0.1, -0.05) is 41.6 Å². The third-order valence-electron chi connectivity index (χ3n) is 4.82. The number of carbonyl (C=O) groups excluding carboxylic acids is 2. The second-order valence-corrected chi connectivity index (χ2v) is 8.58. The lowest BCUT2D eigenvalue weighted by atomic mass is 10.1. The molecule has 3 rings (SSSR count). The van der Waals surface area contributed by atoms with Crippen LogP contribution in [0, 0.1) is 6.92 Å². The second kappa shape index (κ2) is 11.7. The van der Waals surface area contributed by atoms with Crippen molar-refractivity contribution in [3.8, 4) is 11.4 Å². The quantitative estimate of drug-likeness (QED) is 0.344. The molecule has 1 heterocycles. The fraction of sp³-hybridized carbons (Fsp3) is 0.304. The summed E-state index contributed by atoms with van der Waals surface area (Å²) < 4.78 is 12.1. The van der Waals surface area contributed by atoms with Crippen molar-refractivity contribution < 1.29 is 19.1 Å². The van der Waals surface area contributed by atoms with Crippen LogP contribution in [0.3, 0.4) is 0 Å². The summed E-state index contributed by atoms with van der Waals surface area (Å²) in [5.74, 6) is -0.0994. The highest BCUT2D eigenvalue weighted by Crippen LogP contribution is 2.24. The van der Waals surface area contributed by atoms with Crippen LogP contribution in [0.2, 0.25) is 5.02 Å². The normalized spacial score (nSPS) is 11.6. The summed E-state index contributed by atoms with van der Waals surface area (Å²) in [6.45, 7) is 3.90. The van der Waals surface area contributed by atoms with Crippen molar-refractivity contribution in [3.05, 3.63) is 64.9 Å². The number of rotatable bonds is 10. The van der Waals surface area contributed by atoms with Gasteiger partial charge in [0.25, 0.3) is 5.91 Å². The van der Waals surface area contributed by atoms with Crippen molar-refractivity contribution in [1.82, 2.24) is 20.1 Å². The maximum absolute atomic E-state index is 12.2. The number of hydrogen-bond donors (Lipinski definition) is 1. The molecule has 0 aliphatic rings. The molecule has 1 aromatic heterocycles. The largest absolute Gasteiger partial charge is 0.497 e. The zero-order chi connectivity index (χ0) is 23.8. The van der Waals surface area contributed by atoms with Crippen LogP contribution in [0.5, 0.6) is 5.75 Å². The molecule has 174 valence electrons. The highest BCUT2D eigenvalue weighted by atomic mass is 35.5. The van der Waals surface area contributed by atoms with Gasteiger partial charge >= 0.3 is 5.97 Å². The Balaban J connectivity index is 1.44. The van der Waals surface area contributed by atoms with E-state index in [2.05, 4.69) is 15.5 Å². The third kappa shape index (κ3) is 6.97. The molecule has 0 fully saturated rings. The fourth-order valence-corrected chi connectivity index (χ4v) is 3.79. The van der Waals surface area contributed by atoms with Crippen LogP contribution in [0.1, 0.15) is 18.1 Å². The van der Waals surface area contributed by atoms with Crippen LogP contribution in [0.15, 0.2) is 53.9 Å². The number of halogens is 1. The van der Waals surface area contributed by atoms with Crippen LogP contribution in [-0.4, -0.2) is 52.2 Å². The Morgan fingerprint density at radius 1 is 1.21 bits per heavy atom. The number of aryl methyl sites for hydroxylation is 1. The molecule has 0 spiro atoms. The van der Waals surface area contributed by atoms with Crippen LogP contribution in [-0.2, 0) is 20.7 Å². The summed E-state index contributed by atoms with van der Waals surface area (Å²) in [6, 6.07) is 13.2. The lowest BCUT2D eigenvalue weighted by Gasteiger charge is -2.13. The number of thioether (sulfide) groups is 1. The first-order valence-electron chi connectivity index (χ1n) is 10.3. The molecule has 0 aliphatic heterocycles. The van der Waals surface area contributed by atoms with Crippen molar-refractivity contribution in [1.29, 1.82) is 0 Å². The monoisotopic (exact) mass is 488 g/mol. The van der Waals surface area contributed by atoms with Gasteiger partial charge in [-0.2, -0.15) is 0 Å². The predicted octanol–water partition coefficient (Wildman–Crippen LogP) is 3.62. The molecule has 2 aromatic carbocycles. The number of ether oxygens (including phenoxy) is 2. The average molecular weight is 489 g/mol. The molecule has 1 N–H and O–H groups in total. The molecule has 0 radical (unpaired) electrons. The minimum absolute atomic E-state index is 0.0121. The number of methoxy groups -OCH3 is 1. The van der Waals surface area contributed by atoms with Crippen LogP contribution < -0.4 is 10.1 Å². The smallest absolute Gasteiger partial charge is 0.317 e. The lowest BCUT2D eigenvalue weighted by Crippen LogP contribution is -2.37. The van der Waals surface area contributed by atoms with E-state index in [1.807, 2.05) is 43.3 Å². The molecular formula is C23H25ClN4O4S. The highest BCUT2D eigenvalue weighted by molar-refractivity contribution is 7.99. The van der Waals surface area contributed by atoms with Gasteiger partial charge in [-0.25, -0.2) is 0 Å². The van der Waals surface area contributed by atoms with Gasteiger partial charge < -0.3 is 14.8 Å². The minimum Gasteiger partial charge on any atom is -0.497 e. The van der Waals surface area contributed by atoms with Crippen molar-refractivity contribution in [2.24, 2.45) is 0 Å². The number of esters is 1. The summed E-state index contributed by atoms with van der Waals surface area (Å²) in [5, 5.41) is 11.9. The van der Waals surface area contributed by atoms with Gasteiger partial charge in [0.15, 0.2) is 11.3 Å². The van der Waals surface area contributed by atoms with Crippen molar-refractivity contribution in [2.75, 3.05) is 19.4 Å². The van der Waals surface area contributed by atoms with E-state index in [1.165, 1.54) is 11.8 Å². The molecule has 10 heteroatoms. The van der Waals surface area contributed by atoms with Gasteiger partial charge in [-0.05, 0) is 55.7 Å². The van der Waals surface area contributed by atoms with Crippen LogP contribution >= 0.6 is 23.4 Å². The molecule has 1 amide bonds. The zero-order valence-electron chi connectivity index (χ0n) is 18.6. The Morgan fingerprint density at radius 3 is 2.67 bits per heavy atom. The van der Waals surface area contributed by atoms with Gasteiger partial charge in [-0.15, -0.1) is 10.2 Å². The van der Waals surface area contributed by atoms with E-state index in [9.17, 15) is 9.59 Å². The van der Waals surface area contributed by atoms with E-state index in [0.717, 1.165) is 22.6 Å². The number of nitrogens with zero attached hydrogens (tertiary/aromatic N) is 3. The first-order valence-corrected chi connectivity index (χ1v) is 11.6. The predicted molar refractivity (Wildman–Crippen MR) is 127 cm³/mol. The number of hydrogen-bond acceptors (Lipinski definition) is 7. The Bertz CT molecular complexity index is 1100. The van der Waals surface area contributed by atoms with E-state index in [0.29, 0.717) is 23.1 Å². The van der Waals surface area contributed by atoms with Gasteiger partial charge in [0.05, 0.1) is 18.6 Å². The van der Waals surface area contributed by atoms with Gasteiger partial charge in [0.2, 0.25) is 0 Å². The third-order valence-corrected chi connectivity index (χ3v) is 6.14. The molecule has 0 saturated heterocycles. The summed E-state index contributed by atoms with van der Waals surface area (Å²) in [7, 11) is 1.61. The summed E-state index contributed by atoms with van der Waals surface area (Å²) in [4.78, 5) is 24.5. The summed E-state index contributed by atoms with van der Waals surface area (Å²) >= 11 is 7.37. The van der Waals surface area contributed by atoms with E-state index in [-0.39, 0.29) is 11.7 Å². The molecule has 1 unspecified atom stereocenters. The van der Waals surface area contributed by atoms with E-state index >= 15 is 0 Å². The van der Waals surface area contributed by atoms with Crippen molar-refractivity contribution in [3.63, 3.8) is 0 Å². The van der Waals surface area contributed by atoms with E-state index < -0.39 is 12.1 Å². The molecular weight excluding hydrogens is 464 g/mol. The number of carbonyl (C=O) groups is 2. The van der Waals surface area contributed by atoms with Crippen LogP contribution in [0.25, 0.3) is 5.69 Å². The number of aromatic nitrogens is 3. The topological polar surface area (TPSA) is 95.3 Å². The fourth-order valence-electron chi connectivity index (χ4n) is 2.91. The van der Waals surface area contributed by atoms with E-state index in [1.54, 1.807) is 31.0 Å². The van der Waals surface area contributed by atoms with Crippen molar-refractivity contribution in [2.45, 2.75) is 31.5 Å². The zero-order valence-corrected chi connectivity index (χ0v) is 20.2. The molecule has 0 aliphatic carbocycles. The van der Waals surface area contributed by atoms with Gasteiger partial charge in [-0.3, -0.25) is 14.2 Å². The Hall–Kier alpha value is -3.04. The first kappa shape index (κ1) is 24.6. The van der Waals surface area contributed by atoms with Gasteiger partial charge in [0, 0.05) is 11.6 Å². The molecule has 8 nitrogen and oxygen atoms in total. The molecule has 0 bridgehead atoms. The standard InChI is InChI=1S/C23H25ClN4O4S/c1-15-4-7-18(12-20(15)24)28-14-26-27-23(28)33-13-21(29)32-16(2)22(30)25-11-10-17-5-8-19(31-3)9-6-17/h4-9,12,14,16H,10-11,13H2,1-3H3,(H,25,30). The number of amides is 1. The Kier molecular flexibility index (Phi) is 8.73. The highest BCUT2D eigenvalue weighted by Gasteiger charge is 2.19. The van der Waals surface area contributed by atoms with Crippen LogP contribution in [0.4, 0.5) is 0 Å².